The molecule has 1 aliphatic rings. The normalized spacial score (nSPS) is 16.5. The summed E-state index contributed by atoms with van der Waals surface area (Å²) >= 11 is 0. The van der Waals surface area contributed by atoms with Crippen molar-refractivity contribution in [2.75, 3.05) is 18.0 Å². The van der Waals surface area contributed by atoms with Crippen LogP contribution in [0.5, 0.6) is 0 Å². The van der Waals surface area contributed by atoms with Gasteiger partial charge in [0.25, 0.3) is 0 Å². The molecule has 0 radical (unpaired) electrons. The van der Waals surface area contributed by atoms with Crippen molar-refractivity contribution in [1.29, 1.82) is 0 Å². The summed E-state index contributed by atoms with van der Waals surface area (Å²) in [5, 5.41) is -0.209. The lowest BCUT2D eigenvalue weighted by molar-refractivity contribution is 0.109. The number of anilines is 1. The predicted octanol–water partition coefficient (Wildman–Crippen LogP) is 3.16. The fourth-order valence-electron chi connectivity index (χ4n) is 2.76. The maximum Gasteiger partial charge on any atom is 0.239 e. The van der Waals surface area contributed by atoms with E-state index in [9.17, 15) is 13.2 Å². The predicted molar refractivity (Wildman–Crippen MR) is 86.6 cm³/mol. The maximum atomic E-state index is 12.5. The molecule has 2 aromatic rings. The lowest BCUT2D eigenvalue weighted by atomic mass is 9.99. The van der Waals surface area contributed by atoms with Gasteiger partial charge in [0, 0.05) is 18.8 Å². The first-order chi connectivity index (χ1) is 11.0. The van der Waals surface area contributed by atoms with Crippen LogP contribution in [0, 0.1) is 5.92 Å². The number of hydrogen-bond donors (Lipinski definition) is 0. The summed E-state index contributed by atoms with van der Waals surface area (Å²) in [6, 6.07) is 9.48. The van der Waals surface area contributed by atoms with Crippen LogP contribution in [0.2, 0.25) is 0 Å². The molecule has 0 bridgehead atoms. The molecular weight excluding hydrogens is 314 g/mol. The number of aldehydes is 1. The Morgan fingerprint density at radius 3 is 2.30 bits per heavy atom. The van der Waals surface area contributed by atoms with Gasteiger partial charge in [-0.1, -0.05) is 6.92 Å². The first kappa shape index (κ1) is 15.8. The number of carbonyl (C=O) groups excluding carboxylic acids is 1. The number of hydrogen-bond acceptors (Lipinski definition) is 5. The molecule has 0 aliphatic carbocycles. The summed E-state index contributed by atoms with van der Waals surface area (Å²) in [6.07, 6.45) is 2.79. The number of furan rings is 1. The van der Waals surface area contributed by atoms with E-state index in [1.807, 2.05) is 12.1 Å². The van der Waals surface area contributed by atoms with Gasteiger partial charge in [-0.25, -0.2) is 8.42 Å². The van der Waals surface area contributed by atoms with Crippen LogP contribution in [0.25, 0.3) is 0 Å². The monoisotopic (exact) mass is 333 g/mol. The van der Waals surface area contributed by atoms with E-state index in [4.69, 9.17) is 4.42 Å². The van der Waals surface area contributed by atoms with Crippen LogP contribution < -0.4 is 4.90 Å². The zero-order chi connectivity index (χ0) is 16.4. The number of nitrogens with zero attached hydrogens (tertiary/aromatic N) is 1. The molecule has 0 unspecified atom stereocenters. The van der Waals surface area contributed by atoms with Crippen LogP contribution in [0.15, 0.2) is 50.8 Å². The van der Waals surface area contributed by atoms with Gasteiger partial charge in [0.15, 0.2) is 12.0 Å². The van der Waals surface area contributed by atoms with Gasteiger partial charge >= 0.3 is 0 Å². The lowest BCUT2D eigenvalue weighted by Gasteiger charge is -2.32. The van der Waals surface area contributed by atoms with E-state index < -0.39 is 9.84 Å². The van der Waals surface area contributed by atoms with E-state index in [0.717, 1.165) is 37.5 Å². The van der Waals surface area contributed by atoms with Crippen LogP contribution >= 0.6 is 0 Å². The molecule has 3 rings (SSSR count). The summed E-state index contributed by atoms with van der Waals surface area (Å²) < 4.78 is 30.0. The molecule has 1 aromatic heterocycles. The first-order valence-electron chi connectivity index (χ1n) is 7.66. The van der Waals surface area contributed by atoms with Gasteiger partial charge in [-0.05, 0) is 55.2 Å². The molecule has 1 saturated heterocycles. The number of benzene rings is 1. The Labute approximate surface area is 135 Å². The van der Waals surface area contributed by atoms with Gasteiger partial charge in [0.1, 0.15) is 0 Å². The van der Waals surface area contributed by atoms with E-state index >= 15 is 0 Å². The molecule has 0 N–H and O–H groups in total. The molecule has 6 heteroatoms. The summed E-state index contributed by atoms with van der Waals surface area (Å²) in [6.45, 7) is 4.24. The highest BCUT2D eigenvalue weighted by Crippen LogP contribution is 2.27. The molecule has 1 aliphatic heterocycles. The fraction of sp³-hybridized carbons (Fsp3) is 0.353. The Balaban J connectivity index is 1.82. The van der Waals surface area contributed by atoms with Crippen molar-refractivity contribution in [3.63, 3.8) is 0 Å². The van der Waals surface area contributed by atoms with Crippen molar-refractivity contribution < 1.29 is 17.6 Å². The average Bonchev–Trinajstić information content (AvgIpc) is 3.06. The van der Waals surface area contributed by atoms with Crippen LogP contribution in [0.3, 0.4) is 0 Å². The summed E-state index contributed by atoms with van der Waals surface area (Å²) in [4.78, 5) is 13.1. The molecule has 23 heavy (non-hydrogen) atoms. The number of piperidine rings is 1. The zero-order valence-corrected chi connectivity index (χ0v) is 13.8. The highest BCUT2D eigenvalue weighted by atomic mass is 32.2. The quantitative estimate of drug-likeness (QED) is 0.804. The third kappa shape index (κ3) is 3.17. The minimum atomic E-state index is -3.73. The topological polar surface area (TPSA) is 67.6 Å². The lowest BCUT2D eigenvalue weighted by Crippen LogP contribution is -2.32. The van der Waals surface area contributed by atoms with Crippen molar-refractivity contribution in [1.82, 2.24) is 0 Å². The minimum absolute atomic E-state index is 0.00244. The molecule has 122 valence electrons. The fourth-order valence-corrected chi connectivity index (χ4v) is 3.94. The Bertz CT molecular complexity index is 784. The molecular formula is C17H19NO4S. The number of carbonyl (C=O) groups is 1. The van der Waals surface area contributed by atoms with E-state index in [-0.39, 0.29) is 15.7 Å². The van der Waals surface area contributed by atoms with Crippen molar-refractivity contribution in [3.8, 4) is 0 Å². The van der Waals surface area contributed by atoms with Gasteiger partial charge in [-0.15, -0.1) is 0 Å². The van der Waals surface area contributed by atoms with E-state index in [1.165, 1.54) is 12.1 Å². The van der Waals surface area contributed by atoms with Gasteiger partial charge in [-0.3, -0.25) is 4.79 Å². The van der Waals surface area contributed by atoms with E-state index in [2.05, 4.69) is 11.8 Å². The van der Waals surface area contributed by atoms with Crippen molar-refractivity contribution >= 4 is 21.8 Å². The van der Waals surface area contributed by atoms with Gasteiger partial charge in [0.05, 0.1) is 4.90 Å². The number of rotatable bonds is 4. The highest BCUT2D eigenvalue weighted by Gasteiger charge is 2.22. The third-order valence-corrected chi connectivity index (χ3v) is 5.92. The first-order valence-corrected chi connectivity index (χ1v) is 9.14. The molecule has 1 fully saturated rings. The number of sulfone groups is 1. The molecule has 0 spiro atoms. The second kappa shape index (κ2) is 6.20. The summed E-state index contributed by atoms with van der Waals surface area (Å²) in [5.41, 5.74) is 1.03. The van der Waals surface area contributed by atoms with Gasteiger partial charge < -0.3 is 9.32 Å². The second-order valence-corrected chi connectivity index (χ2v) is 7.82. The van der Waals surface area contributed by atoms with Gasteiger partial charge in [-0.2, -0.15) is 0 Å². The van der Waals surface area contributed by atoms with E-state index in [0.29, 0.717) is 6.29 Å². The van der Waals surface area contributed by atoms with Crippen LogP contribution in [-0.4, -0.2) is 27.8 Å². The zero-order valence-electron chi connectivity index (χ0n) is 12.9. The Kier molecular flexibility index (Phi) is 4.26. The summed E-state index contributed by atoms with van der Waals surface area (Å²) in [5.74, 6) is 0.750. The molecule has 1 aromatic carbocycles. The van der Waals surface area contributed by atoms with Crippen LogP contribution in [0.1, 0.15) is 30.3 Å². The van der Waals surface area contributed by atoms with Crippen molar-refractivity contribution in [2.24, 2.45) is 5.92 Å². The van der Waals surface area contributed by atoms with Crippen molar-refractivity contribution in [3.05, 3.63) is 42.2 Å². The smallest absolute Gasteiger partial charge is 0.239 e. The second-order valence-electron chi connectivity index (χ2n) is 5.94. The molecule has 5 nitrogen and oxygen atoms in total. The third-order valence-electron chi connectivity index (χ3n) is 4.28. The maximum absolute atomic E-state index is 12.5. The van der Waals surface area contributed by atoms with Crippen molar-refractivity contribution in [2.45, 2.75) is 29.8 Å². The SMILES string of the molecule is CC1CCN(c2ccc(S(=O)(=O)c3ccc(C=O)o3)cc2)CC1. The standard InChI is InChI=1S/C17H19NO4S/c1-13-8-10-18(11-9-13)14-2-5-16(6-3-14)23(20,21)17-7-4-15(12-19)22-17/h2-7,12-13H,8-11H2,1H3. The highest BCUT2D eigenvalue weighted by molar-refractivity contribution is 7.91. The van der Waals surface area contributed by atoms with Crippen LogP contribution in [-0.2, 0) is 9.84 Å². The Hall–Kier alpha value is -2.08. The largest absolute Gasteiger partial charge is 0.442 e. The van der Waals surface area contributed by atoms with Crippen LogP contribution in [0.4, 0.5) is 5.69 Å². The minimum Gasteiger partial charge on any atom is -0.442 e. The Morgan fingerprint density at radius 2 is 1.74 bits per heavy atom. The molecule has 2 heterocycles. The molecule has 0 amide bonds. The summed E-state index contributed by atoms with van der Waals surface area (Å²) in [7, 11) is -3.73. The Morgan fingerprint density at radius 1 is 1.09 bits per heavy atom. The average molecular weight is 333 g/mol. The van der Waals surface area contributed by atoms with E-state index in [1.54, 1.807) is 12.1 Å². The van der Waals surface area contributed by atoms with Gasteiger partial charge in [0.2, 0.25) is 14.9 Å². The molecule has 0 saturated carbocycles. The molecule has 0 atom stereocenters.